The Balaban J connectivity index is 2.39. The Labute approximate surface area is 124 Å². The second-order valence-electron chi connectivity index (χ2n) is 7.66. The first-order chi connectivity index (χ1) is 9.15. The van der Waals surface area contributed by atoms with E-state index < -0.39 is 5.60 Å². The van der Waals surface area contributed by atoms with E-state index in [4.69, 9.17) is 9.47 Å². The molecule has 1 aliphatic carbocycles. The Morgan fingerprint density at radius 2 is 2.05 bits per heavy atom. The van der Waals surface area contributed by atoms with Crippen LogP contribution in [0.15, 0.2) is 0 Å². The second-order valence-corrected chi connectivity index (χ2v) is 7.66. The van der Waals surface area contributed by atoms with Crippen molar-refractivity contribution in [1.82, 2.24) is 0 Å². The average molecular weight is 284 g/mol. The van der Waals surface area contributed by atoms with Gasteiger partial charge >= 0.3 is 5.97 Å². The van der Waals surface area contributed by atoms with E-state index in [9.17, 15) is 4.79 Å². The molecule has 118 valence electrons. The Bertz CT molecular complexity index is 320. The van der Waals surface area contributed by atoms with Crippen LogP contribution in [0.3, 0.4) is 0 Å². The number of ether oxygens (including phenoxy) is 2. The number of rotatable bonds is 7. The molecule has 0 heterocycles. The lowest BCUT2D eigenvalue weighted by Crippen LogP contribution is -2.37. The summed E-state index contributed by atoms with van der Waals surface area (Å²) < 4.78 is 11.5. The summed E-state index contributed by atoms with van der Waals surface area (Å²) >= 11 is 0. The van der Waals surface area contributed by atoms with E-state index in [0.29, 0.717) is 24.4 Å². The quantitative estimate of drug-likeness (QED) is 0.652. The van der Waals surface area contributed by atoms with Gasteiger partial charge in [-0.3, -0.25) is 4.79 Å². The molecule has 0 saturated heterocycles. The molecule has 1 fully saturated rings. The highest BCUT2D eigenvalue weighted by Gasteiger charge is 2.36. The van der Waals surface area contributed by atoms with E-state index in [1.165, 1.54) is 19.3 Å². The van der Waals surface area contributed by atoms with Crippen molar-refractivity contribution in [1.29, 1.82) is 0 Å². The normalized spacial score (nSPS) is 23.6. The molecule has 2 atom stereocenters. The molecular weight excluding hydrogens is 252 g/mol. The van der Waals surface area contributed by atoms with E-state index in [-0.39, 0.29) is 12.1 Å². The molecule has 1 saturated carbocycles. The molecule has 20 heavy (non-hydrogen) atoms. The van der Waals surface area contributed by atoms with Crippen molar-refractivity contribution < 1.29 is 14.3 Å². The fraction of sp³-hybridized carbons (Fsp3) is 0.941. The summed E-state index contributed by atoms with van der Waals surface area (Å²) in [4.78, 5) is 11.4. The predicted molar refractivity (Wildman–Crippen MR) is 81.6 cm³/mol. The highest BCUT2D eigenvalue weighted by atomic mass is 16.6. The van der Waals surface area contributed by atoms with Gasteiger partial charge in [-0.25, -0.2) is 0 Å². The minimum atomic E-state index is -0.407. The molecule has 0 amide bonds. The van der Waals surface area contributed by atoms with Gasteiger partial charge in [0.2, 0.25) is 0 Å². The maximum Gasteiger partial charge on any atom is 0.305 e. The number of hydrogen-bond acceptors (Lipinski definition) is 3. The molecule has 0 aromatic rings. The van der Waals surface area contributed by atoms with Crippen LogP contribution >= 0.6 is 0 Å². The molecule has 0 bridgehead atoms. The Morgan fingerprint density at radius 1 is 1.40 bits per heavy atom. The molecule has 3 heteroatoms. The first-order valence-corrected chi connectivity index (χ1v) is 7.99. The molecule has 0 N–H and O–H groups in total. The van der Waals surface area contributed by atoms with E-state index in [0.717, 1.165) is 6.42 Å². The van der Waals surface area contributed by atoms with E-state index >= 15 is 0 Å². The molecule has 0 aromatic heterocycles. The zero-order valence-corrected chi connectivity index (χ0v) is 14.1. The van der Waals surface area contributed by atoms with Crippen molar-refractivity contribution in [2.45, 2.75) is 85.4 Å². The molecule has 2 unspecified atom stereocenters. The Morgan fingerprint density at radius 3 is 2.55 bits per heavy atom. The highest BCUT2D eigenvalue weighted by molar-refractivity contribution is 5.69. The van der Waals surface area contributed by atoms with Crippen LogP contribution in [0.25, 0.3) is 0 Å². The summed E-state index contributed by atoms with van der Waals surface area (Å²) in [5.74, 6) is 0.495. The third-order valence-corrected chi connectivity index (χ3v) is 4.21. The number of carbonyl (C=O) groups is 1. The fourth-order valence-electron chi connectivity index (χ4n) is 3.05. The number of hydrogen-bond donors (Lipinski definition) is 0. The summed E-state index contributed by atoms with van der Waals surface area (Å²) in [5.41, 5.74) is 0.0373. The van der Waals surface area contributed by atoms with Crippen molar-refractivity contribution >= 4 is 5.97 Å². The van der Waals surface area contributed by atoms with Gasteiger partial charge in [0.1, 0.15) is 6.61 Å². The lowest BCUT2D eigenvalue weighted by atomic mass is 9.89. The summed E-state index contributed by atoms with van der Waals surface area (Å²) in [7, 11) is 0. The van der Waals surface area contributed by atoms with Crippen LogP contribution in [-0.4, -0.2) is 24.3 Å². The zero-order chi connectivity index (χ0) is 15.4. The maximum absolute atomic E-state index is 11.4. The van der Waals surface area contributed by atoms with E-state index in [1.54, 1.807) is 0 Å². The van der Waals surface area contributed by atoms with Crippen molar-refractivity contribution in [3.8, 4) is 0 Å². The minimum absolute atomic E-state index is 0.126. The van der Waals surface area contributed by atoms with Crippen molar-refractivity contribution in [3.05, 3.63) is 0 Å². The standard InChI is InChI=1S/C17H32O3/c1-7-8-15(18)19-12-17(5,6)20-13(2)14-9-10-16(3,4)11-14/h13-14H,7-12H2,1-6H3. The summed E-state index contributed by atoms with van der Waals surface area (Å²) in [6, 6.07) is 0. The lowest BCUT2D eigenvalue weighted by Gasteiger charge is -2.32. The van der Waals surface area contributed by atoms with Crippen LogP contribution in [0.4, 0.5) is 0 Å². The monoisotopic (exact) mass is 284 g/mol. The van der Waals surface area contributed by atoms with Crippen LogP contribution in [0.5, 0.6) is 0 Å². The van der Waals surface area contributed by atoms with Gasteiger partial charge in [0.05, 0.1) is 11.7 Å². The van der Waals surface area contributed by atoms with Crippen molar-refractivity contribution in [2.75, 3.05) is 6.61 Å². The molecule has 0 spiro atoms. The van der Waals surface area contributed by atoms with Crippen LogP contribution in [0.2, 0.25) is 0 Å². The van der Waals surface area contributed by atoms with Gasteiger partial charge in [0.15, 0.2) is 0 Å². The van der Waals surface area contributed by atoms with Crippen molar-refractivity contribution in [3.63, 3.8) is 0 Å². The maximum atomic E-state index is 11.4. The smallest absolute Gasteiger partial charge is 0.305 e. The topological polar surface area (TPSA) is 35.5 Å². The molecule has 0 aromatic carbocycles. The summed E-state index contributed by atoms with van der Waals surface area (Å²) in [6.07, 6.45) is 5.27. The van der Waals surface area contributed by atoms with E-state index in [1.807, 2.05) is 20.8 Å². The lowest BCUT2D eigenvalue weighted by molar-refractivity contribution is -0.160. The number of esters is 1. The van der Waals surface area contributed by atoms with Gasteiger partial charge in [0, 0.05) is 6.42 Å². The van der Waals surface area contributed by atoms with Gasteiger partial charge in [0.25, 0.3) is 0 Å². The fourth-order valence-corrected chi connectivity index (χ4v) is 3.05. The average Bonchev–Trinajstić information content (AvgIpc) is 2.67. The third kappa shape index (κ3) is 5.82. The van der Waals surface area contributed by atoms with Crippen LogP contribution in [-0.2, 0) is 14.3 Å². The SMILES string of the molecule is CCCC(=O)OCC(C)(C)OC(C)C1CCC(C)(C)C1. The van der Waals surface area contributed by atoms with Crippen LogP contribution in [0.1, 0.15) is 73.6 Å². The van der Waals surface area contributed by atoms with Gasteiger partial charge in [-0.05, 0) is 57.8 Å². The Kier molecular flexibility index (Phi) is 6.06. The molecule has 3 nitrogen and oxygen atoms in total. The Hall–Kier alpha value is -0.570. The van der Waals surface area contributed by atoms with Crippen molar-refractivity contribution in [2.24, 2.45) is 11.3 Å². The van der Waals surface area contributed by atoms with Crippen LogP contribution < -0.4 is 0 Å². The minimum Gasteiger partial charge on any atom is -0.463 e. The van der Waals surface area contributed by atoms with Gasteiger partial charge in [-0.2, -0.15) is 0 Å². The summed E-state index contributed by atoms with van der Waals surface area (Å²) in [6.45, 7) is 13.1. The number of carbonyl (C=O) groups excluding carboxylic acids is 1. The molecule has 0 aliphatic heterocycles. The molecule has 1 rings (SSSR count). The van der Waals surface area contributed by atoms with E-state index in [2.05, 4.69) is 20.8 Å². The van der Waals surface area contributed by atoms with Gasteiger partial charge in [-0.15, -0.1) is 0 Å². The second kappa shape index (κ2) is 6.93. The highest BCUT2D eigenvalue weighted by Crippen LogP contribution is 2.43. The molecular formula is C17H32O3. The first-order valence-electron chi connectivity index (χ1n) is 7.99. The third-order valence-electron chi connectivity index (χ3n) is 4.21. The van der Waals surface area contributed by atoms with Gasteiger partial charge in [-0.1, -0.05) is 20.8 Å². The van der Waals surface area contributed by atoms with Gasteiger partial charge < -0.3 is 9.47 Å². The summed E-state index contributed by atoms with van der Waals surface area (Å²) in [5, 5.41) is 0. The largest absolute Gasteiger partial charge is 0.463 e. The zero-order valence-electron chi connectivity index (χ0n) is 14.1. The molecule has 1 aliphatic rings. The predicted octanol–water partition coefficient (Wildman–Crippen LogP) is 4.34. The first kappa shape index (κ1) is 17.5. The molecule has 0 radical (unpaired) electrons. The van der Waals surface area contributed by atoms with Crippen LogP contribution in [0, 0.1) is 11.3 Å².